The lowest BCUT2D eigenvalue weighted by Gasteiger charge is -2.21. The Bertz CT molecular complexity index is 487. The summed E-state index contributed by atoms with van der Waals surface area (Å²) in [5.41, 5.74) is 1.16. The van der Waals surface area contributed by atoms with E-state index >= 15 is 0 Å². The van der Waals surface area contributed by atoms with Crippen LogP contribution >= 0.6 is 0 Å². The predicted octanol–water partition coefficient (Wildman–Crippen LogP) is 1.80. The average molecular weight is 245 g/mol. The molecule has 1 aliphatic rings. The SMILES string of the molecule is Cc1ncc(CNC2CCCC2n2ccnc2)[nH]1. The molecule has 0 aromatic carbocycles. The molecule has 2 unspecified atom stereocenters. The molecule has 3 rings (SSSR count). The quantitative estimate of drug-likeness (QED) is 0.863. The Morgan fingerprint density at radius 3 is 3.17 bits per heavy atom. The number of rotatable bonds is 4. The third-order valence-electron chi connectivity index (χ3n) is 3.70. The normalized spacial score (nSPS) is 23.6. The van der Waals surface area contributed by atoms with Crippen LogP contribution in [0, 0.1) is 6.92 Å². The minimum atomic E-state index is 0.530. The highest BCUT2D eigenvalue weighted by Crippen LogP contribution is 2.29. The molecule has 2 aromatic heterocycles. The molecule has 96 valence electrons. The standard InChI is InChI=1S/C13H19N5/c1-10-15-7-11(17-10)8-16-12-3-2-4-13(12)18-6-5-14-9-18/h5-7,9,12-13,16H,2-4,8H2,1H3,(H,15,17). The molecule has 5 heteroatoms. The average Bonchev–Trinajstić information content (AvgIpc) is 3.07. The zero-order valence-electron chi connectivity index (χ0n) is 10.6. The van der Waals surface area contributed by atoms with Crippen molar-refractivity contribution < 1.29 is 0 Å². The van der Waals surface area contributed by atoms with Crippen LogP contribution in [0.1, 0.15) is 36.8 Å². The molecule has 2 heterocycles. The fraction of sp³-hybridized carbons (Fsp3) is 0.538. The predicted molar refractivity (Wildman–Crippen MR) is 69.1 cm³/mol. The second-order valence-electron chi connectivity index (χ2n) is 4.99. The van der Waals surface area contributed by atoms with Gasteiger partial charge in [-0.3, -0.25) is 0 Å². The van der Waals surface area contributed by atoms with Crippen LogP contribution < -0.4 is 5.32 Å². The third-order valence-corrected chi connectivity index (χ3v) is 3.70. The van der Waals surface area contributed by atoms with Crippen LogP contribution in [-0.2, 0) is 6.54 Å². The lowest BCUT2D eigenvalue weighted by molar-refractivity contribution is 0.389. The van der Waals surface area contributed by atoms with E-state index < -0.39 is 0 Å². The Morgan fingerprint density at radius 1 is 1.50 bits per heavy atom. The van der Waals surface area contributed by atoms with Crippen molar-refractivity contribution in [1.29, 1.82) is 0 Å². The number of aromatic amines is 1. The lowest BCUT2D eigenvalue weighted by Crippen LogP contribution is -2.33. The van der Waals surface area contributed by atoms with E-state index in [0.29, 0.717) is 12.1 Å². The molecule has 0 radical (unpaired) electrons. The van der Waals surface area contributed by atoms with Gasteiger partial charge in [0.15, 0.2) is 0 Å². The summed E-state index contributed by atoms with van der Waals surface area (Å²) in [4.78, 5) is 11.6. The van der Waals surface area contributed by atoms with Crippen molar-refractivity contribution in [2.24, 2.45) is 0 Å². The van der Waals surface area contributed by atoms with Crippen LogP contribution in [0.3, 0.4) is 0 Å². The first-order chi connectivity index (χ1) is 8.83. The molecule has 2 aromatic rings. The van der Waals surface area contributed by atoms with E-state index in [-0.39, 0.29) is 0 Å². The van der Waals surface area contributed by atoms with Gasteiger partial charge in [-0.25, -0.2) is 9.97 Å². The van der Waals surface area contributed by atoms with Crippen LogP contribution in [0.2, 0.25) is 0 Å². The fourth-order valence-corrected chi connectivity index (χ4v) is 2.80. The second-order valence-corrected chi connectivity index (χ2v) is 4.99. The highest BCUT2D eigenvalue weighted by molar-refractivity contribution is 5.01. The number of aromatic nitrogens is 4. The summed E-state index contributed by atoms with van der Waals surface area (Å²) in [7, 11) is 0. The number of aryl methyl sites for hydroxylation is 1. The largest absolute Gasteiger partial charge is 0.345 e. The van der Waals surface area contributed by atoms with Crippen molar-refractivity contribution in [1.82, 2.24) is 24.8 Å². The maximum absolute atomic E-state index is 4.22. The maximum Gasteiger partial charge on any atom is 0.103 e. The van der Waals surface area contributed by atoms with Gasteiger partial charge >= 0.3 is 0 Å². The van der Waals surface area contributed by atoms with Gasteiger partial charge in [-0.15, -0.1) is 0 Å². The molecular weight excluding hydrogens is 226 g/mol. The highest BCUT2D eigenvalue weighted by Gasteiger charge is 2.27. The van der Waals surface area contributed by atoms with Crippen molar-refractivity contribution in [3.05, 3.63) is 36.4 Å². The summed E-state index contributed by atoms with van der Waals surface area (Å²) in [6.07, 6.45) is 11.5. The van der Waals surface area contributed by atoms with E-state index in [0.717, 1.165) is 18.1 Å². The molecule has 0 saturated heterocycles. The Labute approximate surface area is 107 Å². The van der Waals surface area contributed by atoms with Crippen LogP contribution in [0.25, 0.3) is 0 Å². The van der Waals surface area contributed by atoms with Crippen molar-refractivity contribution in [2.45, 2.75) is 44.8 Å². The number of hydrogen-bond acceptors (Lipinski definition) is 3. The van der Waals surface area contributed by atoms with Gasteiger partial charge in [-0.1, -0.05) is 0 Å². The Balaban J connectivity index is 1.62. The first-order valence-corrected chi connectivity index (χ1v) is 6.54. The first kappa shape index (κ1) is 11.5. The monoisotopic (exact) mass is 245 g/mol. The van der Waals surface area contributed by atoms with Gasteiger partial charge in [0.2, 0.25) is 0 Å². The van der Waals surface area contributed by atoms with Crippen molar-refractivity contribution in [2.75, 3.05) is 0 Å². The summed E-state index contributed by atoms with van der Waals surface area (Å²) in [6.45, 7) is 2.84. The zero-order valence-corrected chi connectivity index (χ0v) is 10.6. The number of H-pyrrole nitrogens is 1. The van der Waals surface area contributed by atoms with Crippen molar-refractivity contribution in [3.63, 3.8) is 0 Å². The fourth-order valence-electron chi connectivity index (χ4n) is 2.80. The summed E-state index contributed by atoms with van der Waals surface area (Å²) < 4.78 is 2.23. The minimum absolute atomic E-state index is 0.530. The van der Waals surface area contributed by atoms with Gasteiger partial charge in [0.05, 0.1) is 6.33 Å². The molecule has 2 atom stereocenters. The van der Waals surface area contributed by atoms with E-state index in [9.17, 15) is 0 Å². The molecule has 5 nitrogen and oxygen atoms in total. The first-order valence-electron chi connectivity index (χ1n) is 6.54. The topological polar surface area (TPSA) is 58.5 Å². The summed E-state index contributed by atoms with van der Waals surface area (Å²) in [5, 5.41) is 3.63. The molecule has 1 aliphatic carbocycles. The van der Waals surface area contributed by atoms with E-state index in [1.54, 1.807) is 0 Å². The molecule has 0 aliphatic heterocycles. The van der Waals surface area contributed by atoms with Gasteiger partial charge in [0.1, 0.15) is 5.82 Å². The Kier molecular flexibility index (Phi) is 3.15. The molecule has 0 spiro atoms. The van der Waals surface area contributed by atoms with Crippen LogP contribution in [0.5, 0.6) is 0 Å². The minimum Gasteiger partial charge on any atom is -0.345 e. The van der Waals surface area contributed by atoms with Gasteiger partial charge in [0.25, 0.3) is 0 Å². The Hall–Kier alpha value is -1.62. The summed E-state index contributed by atoms with van der Waals surface area (Å²) >= 11 is 0. The molecule has 1 saturated carbocycles. The molecule has 1 fully saturated rings. The molecular formula is C13H19N5. The summed E-state index contributed by atoms with van der Waals surface area (Å²) in [6, 6.07) is 1.07. The maximum atomic E-state index is 4.22. The van der Waals surface area contributed by atoms with Crippen molar-refractivity contribution >= 4 is 0 Å². The number of imidazole rings is 2. The molecule has 18 heavy (non-hydrogen) atoms. The van der Waals surface area contributed by atoms with Crippen molar-refractivity contribution in [3.8, 4) is 0 Å². The zero-order chi connectivity index (χ0) is 12.4. The van der Waals surface area contributed by atoms with E-state index in [1.165, 1.54) is 19.3 Å². The number of nitrogens with one attached hydrogen (secondary N) is 2. The van der Waals surface area contributed by atoms with Crippen LogP contribution in [-0.4, -0.2) is 25.6 Å². The van der Waals surface area contributed by atoms with E-state index in [1.807, 2.05) is 25.6 Å². The van der Waals surface area contributed by atoms with Gasteiger partial charge in [-0.05, 0) is 26.2 Å². The van der Waals surface area contributed by atoms with E-state index in [2.05, 4.69) is 31.0 Å². The Morgan fingerprint density at radius 2 is 2.44 bits per heavy atom. The molecule has 0 bridgehead atoms. The van der Waals surface area contributed by atoms with E-state index in [4.69, 9.17) is 0 Å². The number of nitrogens with zero attached hydrogens (tertiary/aromatic N) is 3. The lowest BCUT2D eigenvalue weighted by atomic mass is 10.1. The molecule has 2 N–H and O–H groups in total. The second kappa shape index (κ2) is 4.94. The van der Waals surface area contributed by atoms with Gasteiger partial charge in [-0.2, -0.15) is 0 Å². The number of hydrogen-bond donors (Lipinski definition) is 2. The molecule has 0 amide bonds. The van der Waals surface area contributed by atoms with Crippen LogP contribution in [0.15, 0.2) is 24.9 Å². The summed E-state index contributed by atoms with van der Waals surface area (Å²) in [5.74, 6) is 0.976. The third kappa shape index (κ3) is 2.31. The van der Waals surface area contributed by atoms with Crippen LogP contribution in [0.4, 0.5) is 0 Å². The van der Waals surface area contributed by atoms with Gasteiger partial charge in [0, 0.05) is 42.9 Å². The van der Waals surface area contributed by atoms with Gasteiger partial charge < -0.3 is 14.9 Å². The highest BCUT2D eigenvalue weighted by atomic mass is 15.1. The smallest absolute Gasteiger partial charge is 0.103 e.